The summed E-state index contributed by atoms with van der Waals surface area (Å²) in [4.78, 5) is 25.2. The van der Waals surface area contributed by atoms with Crippen molar-refractivity contribution in [2.75, 3.05) is 0 Å². The first-order valence-corrected chi connectivity index (χ1v) is 9.90. The number of carbonyl (C=O) groups excluding carboxylic acids is 2. The molecule has 1 saturated carbocycles. The summed E-state index contributed by atoms with van der Waals surface area (Å²) < 4.78 is 0. The Labute approximate surface area is 161 Å². The molecule has 3 rings (SSSR count). The smallest absolute Gasteiger partial charge is 0.251 e. The maximum absolute atomic E-state index is 12.6. The molecular formula is C23H28N2O2. The summed E-state index contributed by atoms with van der Waals surface area (Å²) in [5.74, 6) is -0.261. The molecule has 4 heteroatoms. The molecule has 1 fully saturated rings. The van der Waals surface area contributed by atoms with Gasteiger partial charge in [0.1, 0.15) is 0 Å². The highest BCUT2D eigenvalue weighted by atomic mass is 16.2. The van der Waals surface area contributed by atoms with Gasteiger partial charge in [0.25, 0.3) is 11.8 Å². The zero-order chi connectivity index (χ0) is 19.1. The molecule has 2 aromatic carbocycles. The summed E-state index contributed by atoms with van der Waals surface area (Å²) in [6, 6.07) is 16.9. The van der Waals surface area contributed by atoms with Crippen molar-refractivity contribution in [2.24, 2.45) is 0 Å². The van der Waals surface area contributed by atoms with Gasteiger partial charge in [0.05, 0.1) is 6.04 Å². The van der Waals surface area contributed by atoms with E-state index in [-0.39, 0.29) is 23.9 Å². The minimum absolute atomic E-state index is 0.0901. The van der Waals surface area contributed by atoms with Crippen LogP contribution in [0.4, 0.5) is 0 Å². The van der Waals surface area contributed by atoms with E-state index in [1.807, 2.05) is 37.3 Å². The summed E-state index contributed by atoms with van der Waals surface area (Å²) in [6.07, 6.45) is 6.93. The standard InChI is InChI=1S/C23H28N2O2/c1-17(18-10-5-4-6-11-18)24-22(26)19-12-9-13-20(16-19)23(27)25-21-14-7-2-3-8-15-21/h4-6,9-13,16-17,21H,2-3,7-8,14-15H2,1H3,(H,24,26)(H,25,27). The molecule has 1 atom stereocenters. The Morgan fingerprint density at radius 3 is 2.15 bits per heavy atom. The van der Waals surface area contributed by atoms with Crippen molar-refractivity contribution in [3.05, 3.63) is 71.3 Å². The molecular weight excluding hydrogens is 336 g/mol. The average molecular weight is 364 g/mol. The van der Waals surface area contributed by atoms with Gasteiger partial charge in [0, 0.05) is 17.2 Å². The van der Waals surface area contributed by atoms with Crippen LogP contribution in [0.25, 0.3) is 0 Å². The monoisotopic (exact) mass is 364 g/mol. The van der Waals surface area contributed by atoms with Gasteiger partial charge in [0.15, 0.2) is 0 Å². The number of carbonyl (C=O) groups is 2. The van der Waals surface area contributed by atoms with Crippen LogP contribution >= 0.6 is 0 Å². The average Bonchev–Trinajstić information content (AvgIpc) is 2.97. The van der Waals surface area contributed by atoms with Gasteiger partial charge in [-0.05, 0) is 43.5 Å². The third-order valence-corrected chi connectivity index (χ3v) is 5.22. The molecule has 0 spiro atoms. The summed E-state index contributed by atoms with van der Waals surface area (Å²) in [5, 5.41) is 6.13. The van der Waals surface area contributed by atoms with Crippen LogP contribution in [0.3, 0.4) is 0 Å². The quantitative estimate of drug-likeness (QED) is 0.760. The Balaban J connectivity index is 1.63. The molecule has 0 aromatic heterocycles. The highest BCUT2D eigenvalue weighted by molar-refractivity contribution is 5.99. The molecule has 1 aliphatic carbocycles. The van der Waals surface area contributed by atoms with Gasteiger partial charge in [0.2, 0.25) is 0 Å². The molecule has 1 unspecified atom stereocenters. The van der Waals surface area contributed by atoms with Crippen molar-refractivity contribution in [3.8, 4) is 0 Å². The Morgan fingerprint density at radius 1 is 0.852 bits per heavy atom. The van der Waals surface area contributed by atoms with Crippen molar-refractivity contribution in [1.29, 1.82) is 0 Å². The third-order valence-electron chi connectivity index (χ3n) is 5.22. The Bertz CT molecular complexity index is 765. The first kappa shape index (κ1) is 19.2. The van der Waals surface area contributed by atoms with E-state index in [4.69, 9.17) is 0 Å². The third kappa shape index (κ3) is 5.43. The van der Waals surface area contributed by atoms with E-state index in [1.54, 1.807) is 24.3 Å². The molecule has 0 radical (unpaired) electrons. The predicted octanol–water partition coefficient (Wildman–Crippen LogP) is 4.63. The first-order chi connectivity index (χ1) is 13.1. The maximum atomic E-state index is 12.6. The van der Waals surface area contributed by atoms with E-state index in [0.717, 1.165) is 18.4 Å². The van der Waals surface area contributed by atoms with E-state index < -0.39 is 0 Å². The van der Waals surface area contributed by atoms with E-state index >= 15 is 0 Å². The summed E-state index contributed by atoms with van der Waals surface area (Å²) in [7, 11) is 0. The lowest BCUT2D eigenvalue weighted by molar-refractivity contribution is 0.0933. The predicted molar refractivity (Wildman–Crippen MR) is 108 cm³/mol. The molecule has 0 saturated heterocycles. The second-order valence-electron chi connectivity index (χ2n) is 7.35. The zero-order valence-corrected chi connectivity index (χ0v) is 15.9. The molecule has 2 N–H and O–H groups in total. The number of nitrogens with one attached hydrogen (secondary N) is 2. The number of amides is 2. The van der Waals surface area contributed by atoms with Gasteiger partial charge >= 0.3 is 0 Å². The molecule has 2 aromatic rings. The number of rotatable bonds is 5. The highest BCUT2D eigenvalue weighted by Gasteiger charge is 2.17. The van der Waals surface area contributed by atoms with Crippen LogP contribution in [0, 0.1) is 0 Å². The van der Waals surface area contributed by atoms with Crippen molar-refractivity contribution in [3.63, 3.8) is 0 Å². The lowest BCUT2D eigenvalue weighted by Gasteiger charge is -2.17. The number of hydrogen-bond donors (Lipinski definition) is 2. The Hall–Kier alpha value is -2.62. The fourth-order valence-electron chi connectivity index (χ4n) is 3.60. The number of hydrogen-bond acceptors (Lipinski definition) is 2. The fourth-order valence-corrected chi connectivity index (χ4v) is 3.60. The maximum Gasteiger partial charge on any atom is 0.251 e. The molecule has 27 heavy (non-hydrogen) atoms. The van der Waals surface area contributed by atoms with Gasteiger partial charge in [-0.25, -0.2) is 0 Å². The van der Waals surface area contributed by atoms with Gasteiger partial charge in [-0.1, -0.05) is 62.1 Å². The second-order valence-corrected chi connectivity index (χ2v) is 7.35. The molecule has 1 aliphatic rings. The van der Waals surface area contributed by atoms with Crippen LogP contribution in [-0.2, 0) is 0 Å². The zero-order valence-electron chi connectivity index (χ0n) is 15.9. The van der Waals surface area contributed by atoms with E-state index in [0.29, 0.717) is 11.1 Å². The van der Waals surface area contributed by atoms with Gasteiger partial charge < -0.3 is 10.6 Å². The van der Waals surface area contributed by atoms with Crippen molar-refractivity contribution < 1.29 is 9.59 Å². The lowest BCUT2D eigenvalue weighted by Crippen LogP contribution is -2.34. The Kier molecular flexibility index (Phi) is 6.64. The van der Waals surface area contributed by atoms with Crippen molar-refractivity contribution in [2.45, 2.75) is 57.5 Å². The van der Waals surface area contributed by atoms with E-state index in [9.17, 15) is 9.59 Å². The number of benzene rings is 2. The topological polar surface area (TPSA) is 58.2 Å². The first-order valence-electron chi connectivity index (χ1n) is 9.90. The van der Waals surface area contributed by atoms with Gasteiger partial charge in [-0.2, -0.15) is 0 Å². The highest BCUT2D eigenvalue weighted by Crippen LogP contribution is 2.18. The Morgan fingerprint density at radius 2 is 1.48 bits per heavy atom. The van der Waals surface area contributed by atoms with E-state index in [1.165, 1.54) is 25.7 Å². The molecule has 0 aliphatic heterocycles. The van der Waals surface area contributed by atoms with Crippen LogP contribution in [0.5, 0.6) is 0 Å². The minimum Gasteiger partial charge on any atom is -0.349 e. The molecule has 142 valence electrons. The molecule has 4 nitrogen and oxygen atoms in total. The van der Waals surface area contributed by atoms with Crippen LogP contribution in [-0.4, -0.2) is 17.9 Å². The largest absolute Gasteiger partial charge is 0.349 e. The second kappa shape index (κ2) is 9.36. The van der Waals surface area contributed by atoms with Crippen molar-refractivity contribution in [1.82, 2.24) is 10.6 Å². The fraction of sp³-hybridized carbons (Fsp3) is 0.391. The lowest BCUT2D eigenvalue weighted by atomic mass is 10.1. The SMILES string of the molecule is CC(NC(=O)c1cccc(C(=O)NC2CCCCCC2)c1)c1ccccc1. The molecule has 2 amide bonds. The van der Waals surface area contributed by atoms with Crippen LogP contribution in [0.1, 0.15) is 77.8 Å². The van der Waals surface area contributed by atoms with Gasteiger partial charge in [-0.15, -0.1) is 0 Å². The summed E-state index contributed by atoms with van der Waals surface area (Å²) in [5.41, 5.74) is 2.10. The van der Waals surface area contributed by atoms with Crippen molar-refractivity contribution >= 4 is 11.8 Å². The van der Waals surface area contributed by atoms with Crippen LogP contribution < -0.4 is 10.6 Å². The normalized spacial score (nSPS) is 16.2. The van der Waals surface area contributed by atoms with E-state index in [2.05, 4.69) is 10.6 Å². The molecule has 0 heterocycles. The van der Waals surface area contributed by atoms with Crippen LogP contribution in [0.15, 0.2) is 54.6 Å². The van der Waals surface area contributed by atoms with Crippen LogP contribution in [0.2, 0.25) is 0 Å². The summed E-state index contributed by atoms with van der Waals surface area (Å²) in [6.45, 7) is 1.95. The molecule has 0 bridgehead atoms. The summed E-state index contributed by atoms with van der Waals surface area (Å²) >= 11 is 0. The minimum atomic E-state index is -0.171. The van der Waals surface area contributed by atoms with Gasteiger partial charge in [-0.3, -0.25) is 9.59 Å².